The number of amides is 1. The van der Waals surface area contributed by atoms with Crippen LogP contribution in [0.15, 0.2) is 0 Å². The average molecular weight is 282 g/mol. The van der Waals surface area contributed by atoms with Crippen molar-refractivity contribution < 1.29 is 9.53 Å². The summed E-state index contributed by atoms with van der Waals surface area (Å²) in [5.74, 6) is 1.70. The molecule has 0 radical (unpaired) electrons. The molecular weight excluding hydrogens is 252 g/mol. The fourth-order valence-corrected chi connectivity index (χ4v) is 3.36. The zero-order valence-corrected chi connectivity index (χ0v) is 13.1. The highest BCUT2D eigenvalue weighted by atomic mass is 16.5. The summed E-state index contributed by atoms with van der Waals surface area (Å²) in [6.07, 6.45) is 5.29. The zero-order chi connectivity index (χ0) is 14.4. The van der Waals surface area contributed by atoms with Gasteiger partial charge in [0.2, 0.25) is 5.91 Å². The van der Waals surface area contributed by atoms with Crippen LogP contribution < -0.4 is 5.32 Å². The van der Waals surface area contributed by atoms with Crippen LogP contribution in [0.4, 0.5) is 0 Å². The van der Waals surface area contributed by atoms with Gasteiger partial charge in [-0.05, 0) is 50.6 Å². The highest BCUT2D eigenvalue weighted by Crippen LogP contribution is 2.21. The quantitative estimate of drug-likeness (QED) is 0.839. The lowest BCUT2D eigenvalue weighted by atomic mass is 9.92. The number of rotatable bonds is 5. The summed E-state index contributed by atoms with van der Waals surface area (Å²) in [6.45, 7) is 8.87. The lowest BCUT2D eigenvalue weighted by Gasteiger charge is -2.37. The van der Waals surface area contributed by atoms with Gasteiger partial charge in [-0.3, -0.25) is 4.79 Å². The minimum absolute atomic E-state index is 0.296. The Hall–Kier alpha value is -0.610. The van der Waals surface area contributed by atoms with Crippen LogP contribution in [0.3, 0.4) is 0 Å². The summed E-state index contributed by atoms with van der Waals surface area (Å²) in [5, 5.41) is 3.38. The molecule has 1 atom stereocenters. The summed E-state index contributed by atoms with van der Waals surface area (Å²) in [4.78, 5) is 14.6. The first-order valence-electron chi connectivity index (χ1n) is 8.24. The number of hydrogen-bond acceptors (Lipinski definition) is 3. The first kappa shape index (κ1) is 15.8. The van der Waals surface area contributed by atoms with Gasteiger partial charge in [0.25, 0.3) is 0 Å². The topological polar surface area (TPSA) is 41.6 Å². The lowest BCUT2D eigenvalue weighted by molar-refractivity contribution is -0.140. The van der Waals surface area contributed by atoms with Crippen molar-refractivity contribution in [1.29, 1.82) is 0 Å². The maximum Gasteiger partial charge on any atom is 0.222 e. The van der Waals surface area contributed by atoms with E-state index in [1.165, 1.54) is 12.8 Å². The SMILES string of the molecule is CC(C)CC1COCCN1C(=O)CCC1CCNCC1. The number of nitrogens with one attached hydrogen (secondary N) is 1. The number of morpholine rings is 1. The summed E-state index contributed by atoms with van der Waals surface area (Å²) in [6, 6.07) is 0.296. The van der Waals surface area contributed by atoms with E-state index in [-0.39, 0.29) is 0 Å². The van der Waals surface area contributed by atoms with E-state index < -0.39 is 0 Å². The van der Waals surface area contributed by atoms with Crippen LogP contribution in [-0.2, 0) is 9.53 Å². The van der Waals surface area contributed by atoms with Crippen LogP contribution in [0.25, 0.3) is 0 Å². The number of carbonyl (C=O) groups is 1. The molecule has 1 unspecified atom stereocenters. The van der Waals surface area contributed by atoms with E-state index in [1.807, 2.05) is 0 Å². The Balaban J connectivity index is 1.79. The van der Waals surface area contributed by atoms with E-state index in [4.69, 9.17) is 4.74 Å². The zero-order valence-electron chi connectivity index (χ0n) is 13.1. The molecule has 2 heterocycles. The van der Waals surface area contributed by atoms with Crippen molar-refractivity contribution >= 4 is 5.91 Å². The van der Waals surface area contributed by atoms with Gasteiger partial charge in [-0.2, -0.15) is 0 Å². The van der Waals surface area contributed by atoms with Crippen molar-refractivity contribution in [2.45, 2.75) is 52.0 Å². The predicted octanol–water partition coefficient (Wildman–Crippen LogP) is 2.04. The van der Waals surface area contributed by atoms with Crippen LogP contribution in [0.2, 0.25) is 0 Å². The molecule has 0 aromatic rings. The largest absolute Gasteiger partial charge is 0.377 e. The molecule has 2 fully saturated rings. The van der Waals surface area contributed by atoms with Crippen LogP contribution >= 0.6 is 0 Å². The molecule has 0 aromatic carbocycles. The monoisotopic (exact) mass is 282 g/mol. The lowest BCUT2D eigenvalue weighted by Crippen LogP contribution is -2.49. The van der Waals surface area contributed by atoms with Gasteiger partial charge in [0.1, 0.15) is 0 Å². The van der Waals surface area contributed by atoms with E-state index >= 15 is 0 Å². The maximum atomic E-state index is 12.5. The van der Waals surface area contributed by atoms with E-state index in [2.05, 4.69) is 24.1 Å². The Kier molecular flexibility index (Phi) is 6.30. The molecule has 0 bridgehead atoms. The molecule has 2 aliphatic rings. The molecule has 4 heteroatoms. The van der Waals surface area contributed by atoms with Crippen molar-refractivity contribution in [2.24, 2.45) is 11.8 Å². The van der Waals surface area contributed by atoms with Gasteiger partial charge in [-0.25, -0.2) is 0 Å². The predicted molar refractivity (Wildman–Crippen MR) is 80.6 cm³/mol. The Labute approximate surface area is 123 Å². The molecule has 0 aromatic heterocycles. The highest BCUT2D eigenvalue weighted by Gasteiger charge is 2.28. The van der Waals surface area contributed by atoms with Gasteiger partial charge in [0.05, 0.1) is 19.3 Å². The van der Waals surface area contributed by atoms with Gasteiger partial charge in [0.15, 0.2) is 0 Å². The molecule has 1 amide bonds. The van der Waals surface area contributed by atoms with E-state index in [0.717, 1.165) is 51.4 Å². The molecule has 116 valence electrons. The highest BCUT2D eigenvalue weighted by molar-refractivity contribution is 5.76. The second kappa shape index (κ2) is 7.99. The second-order valence-electron chi connectivity index (χ2n) is 6.68. The number of carbonyl (C=O) groups excluding carboxylic acids is 1. The van der Waals surface area contributed by atoms with Gasteiger partial charge in [-0.1, -0.05) is 13.8 Å². The van der Waals surface area contributed by atoms with Gasteiger partial charge in [0, 0.05) is 13.0 Å². The second-order valence-corrected chi connectivity index (χ2v) is 6.68. The third kappa shape index (κ3) is 4.74. The van der Waals surface area contributed by atoms with Crippen molar-refractivity contribution in [1.82, 2.24) is 10.2 Å². The molecule has 4 nitrogen and oxygen atoms in total. The van der Waals surface area contributed by atoms with Crippen LogP contribution in [-0.4, -0.2) is 49.7 Å². The number of nitrogens with zero attached hydrogens (tertiary/aromatic N) is 1. The van der Waals surface area contributed by atoms with Gasteiger partial charge >= 0.3 is 0 Å². The minimum atomic E-state index is 0.296. The summed E-state index contributed by atoms with van der Waals surface area (Å²) >= 11 is 0. The standard InChI is InChI=1S/C16H30N2O2/c1-13(2)11-15-12-20-10-9-18(15)16(19)4-3-14-5-7-17-8-6-14/h13-15,17H,3-12H2,1-2H3. The number of hydrogen-bond donors (Lipinski definition) is 1. The molecule has 20 heavy (non-hydrogen) atoms. The smallest absolute Gasteiger partial charge is 0.222 e. The Morgan fingerprint density at radius 3 is 2.80 bits per heavy atom. The average Bonchev–Trinajstić information content (AvgIpc) is 2.46. The molecular formula is C16H30N2O2. The molecule has 2 aliphatic heterocycles. The van der Waals surface area contributed by atoms with Crippen LogP contribution in [0, 0.1) is 11.8 Å². The first-order valence-corrected chi connectivity index (χ1v) is 8.24. The van der Waals surface area contributed by atoms with Crippen molar-refractivity contribution in [3.8, 4) is 0 Å². The Morgan fingerprint density at radius 2 is 2.10 bits per heavy atom. The van der Waals surface area contributed by atoms with Gasteiger partial charge in [-0.15, -0.1) is 0 Å². The number of ether oxygens (including phenoxy) is 1. The van der Waals surface area contributed by atoms with Crippen LogP contribution in [0.1, 0.15) is 46.0 Å². The van der Waals surface area contributed by atoms with E-state index in [9.17, 15) is 4.79 Å². The van der Waals surface area contributed by atoms with Gasteiger partial charge < -0.3 is 15.0 Å². The third-order valence-electron chi connectivity index (χ3n) is 4.52. The minimum Gasteiger partial charge on any atom is -0.377 e. The molecule has 0 aliphatic carbocycles. The Morgan fingerprint density at radius 1 is 1.35 bits per heavy atom. The maximum absolute atomic E-state index is 12.5. The molecule has 0 saturated carbocycles. The summed E-state index contributed by atoms with van der Waals surface area (Å²) in [5.41, 5.74) is 0. The third-order valence-corrected chi connectivity index (χ3v) is 4.52. The molecule has 2 saturated heterocycles. The van der Waals surface area contributed by atoms with E-state index in [1.54, 1.807) is 0 Å². The van der Waals surface area contributed by atoms with Crippen molar-refractivity contribution in [3.05, 3.63) is 0 Å². The van der Waals surface area contributed by atoms with Crippen molar-refractivity contribution in [3.63, 3.8) is 0 Å². The fraction of sp³-hybridized carbons (Fsp3) is 0.938. The van der Waals surface area contributed by atoms with Crippen molar-refractivity contribution in [2.75, 3.05) is 32.8 Å². The van der Waals surface area contributed by atoms with E-state index in [0.29, 0.717) is 24.5 Å². The molecule has 1 N–H and O–H groups in total. The fourth-order valence-electron chi connectivity index (χ4n) is 3.36. The summed E-state index contributed by atoms with van der Waals surface area (Å²) < 4.78 is 5.56. The first-order chi connectivity index (χ1) is 9.66. The molecule has 0 spiro atoms. The normalized spacial score (nSPS) is 25.1. The summed E-state index contributed by atoms with van der Waals surface area (Å²) in [7, 11) is 0. The van der Waals surface area contributed by atoms with Crippen LogP contribution in [0.5, 0.6) is 0 Å². The number of piperidine rings is 1. The molecule has 2 rings (SSSR count). The Bertz CT molecular complexity index is 301.